The minimum atomic E-state index is 0.903. The first-order chi connectivity index (χ1) is 20.6. The normalized spacial score (nSPS) is 13.4. The van der Waals surface area contributed by atoms with E-state index in [-0.39, 0.29) is 0 Å². The Bertz CT molecular complexity index is 2150. The molecule has 5 heteroatoms. The molecule has 6 aromatic rings. The second-order valence-corrected chi connectivity index (χ2v) is 13.9. The van der Waals surface area contributed by atoms with Crippen LogP contribution in [-0.2, 0) is 0 Å². The van der Waals surface area contributed by atoms with Crippen molar-refractivity contribution in [2.45, 2.75) is 46.4 Å². The third-order valence-electron chi connectivity index (χ3n) is 8.78. The molecule has 0 radical (unpaired) electrons. The second kappa shape index (κ2) is 11.5. The van der Waals surface area contributed by atoms with Crippen molar-refractivity contribution in [3.8, 4) is 11.5 Å². The van der Waals surface area contributed by atoms with Crippen LogP contribution in [0.4, 0.5) is 0 Å². The van der Waals surface area contributed by atoms with Gasteiger partial charge >= 0.3 is 0 Å². The Kier molecular flexibility index (Phi) is 7.93. The number of aryl methyl sites for hydroxylation is 2. The number of rotatable bonds is 6. The minimum Gasteiger partial charge on any atom is -0.495 e. The molecule has 2 aromatic heterocycles. The van der Waals surface area contributed by atoms with Crippen LogP contribution in [-0.4, -0.2) is 14.2 Å². The van der Waals surface area contributed by atoms with Crippen LogP contribution < -0.4 is 9.47 Å². The van der Waals surface area contributed by atoms with E-state index >= 15 is 0 Å². The lowest BCUT2D eigenvalue weighted by atomic mass is 9.96. The first-order valence-electron chi connectivity index (χ1n) is 14.4. The molecule has 43 heavy (non-hydrogen) atoms. The standard InChI is InChI=1S/C38H36O2S3/c1-20(13-26-9-11-27(41)12-10-26)23(4)24(5)21(2)14-34-25(6)29-16-31-33(18-36(29)43-34)37(39-7)30-15-28-22(3)19-42-35(28)17-32(30)38(31)40-8/h9-19,41H,1-8H3/b20-13+,21-14+,24-23+. The zero-order valence-corrected chi connectivity index (χ0v) is 28.5. The predicted molar refractivity (Wildman–Crippen MR) is 194 cm³/mol. The Morgan fingerprint density at radius 1 is 0.674 bits per heavy atom. The van der Waals surface area contributed by atoms with E-state index in [4.69, 9.17) is 9.47 Å². The predicted octanol–water partition coefficient (Wildman–Crippen LogP) is 12.2. The van der Waals surface area contributed by atoms with Crippen molar-refractivity contribution in [1.29, 1.82) is 0 Å². The summed E-state index contributed by atoms with van der Waals surface area (Å²) in [5.74, 6) is 1.81. The number of thiophene rings is 2. The van der Waals surface area contributed by atoms with Gasteiger partial charge in [0, 0.05) is 40.7 Å². The fraction of sp³-hybridized carbons (Fsp3) is 0.211. The van der Waals surface area contributed by atoms with E-state index in [1.54, 1.807) is 25.6 Å². The topological polar surface area (TPSA) is 18.5 Å². The molecule has 0 spiro atoms. The van der Waals surface area contributed by atoms with Crippen LogP contribution in [0.15, 0.2) is 81.1 Å². The van der Waals surface area contributed by atoms with Crippen molar-refractivity contribution >= 4 is 89.2 Å². The van der Waals surface area contributed by atoms with Crippen molar-refractivity contribution in [3.63, 3.8) is 0 Å². The van der Waals surface area contributed by atoms with Gasteiger partial charge < -0.3 is 9.47 Å². The lowest BCUT2D eigenvalue weighted by molar-refractivity contribution is 0.418. The van der Waals surface area contributed by atoms with Gasteiger partial charge in [-0.3, -0.25) is 0 Å². The first kappa shape index (κ1) is 29.6. The van der Waals surface area contributed by atoms with Gasteiger partial charge in [-0.25, -0.2) is 0 Å². The Labute approximate surface area is 267 Å². The highest BCUT2D eigenvalue weighted by molar-refractivity contribution is 7.80. The molecule has 0 aliphatic rings. The number of ether oxygens (including phenoxy) is 2. The number of hydrogen-bond donors (Lipinski definition) is 1. The Morgan fingerprint density at radius 3 is 1.81 bits per heavy atom. The molecule has 2 nitrogen and oxygen atoms in total. The first-order valence-corrected chi connectivity index (χ1v) is 16.5. The minimum absolute atomic E-state index is 0.903. The van der Waals surface area contributed by atoms with Crippen LogP contribution in [0.3, 0.4) is 0 Å². The fourth-order valence-corrected chi connectivity index (χ4v) is 8.28. The van der Waals surface area contributed by atoms with Crippen molar-refractivity contribution < 1.29 is 9.47 Å². The third kappa shape index (κ3) is 5.18. The lowest BCUT2D eigenvalue weighted by Gasteiger charge is -2.16. The summed E-state index contributed by atoms with van der Waals surface area (Å²) < 4.78 is 14.7. The van der Waals surface area contributed by atoms with Crippen LogP contribution >= 0.6 is 35.3 Å². The maximum absolute atomic E-state index is 6.11. The molecule has 0 fully saturated rings. The van der Waals surface area contributed by atoms with E-state index in [2.05, 4.69) is 108 Å². The fourth-order valence-electron chi connectivity index (χ4n) is 5.93. The molecular formula is C38H36O2S3. The summed E-state index contributed by atoms with van der Waals surface area (Å²) in [6, 6.07) is 17.4. The Morgan fingerprint density at radius 2 is 1.21 bits per heavy atom. The number of benzene rings is 4. The number of thiol groups is 1. The monoisotopic (exact) mass is 620 g/mol. The molecule has 0 amide bonds. The van der Waals surface area contributed by atoms with Gasteiger partial charge in [0.25, 0.3) is 0 Å². The van der Waals surface area contributed by atoms with Gasteiger partial charge in [-0.15, -0.1) is 35.3 Å². The van der Waals surface area contributed by atoms with Crippen molar-refractivity contribution in [2.75, 3.05) is 14.2 Å². The molecule has 0 saturated carbocycles. The molecule has 4 aromatic carbocycles. The van der Waals surface area contributed by atoms with Crippen LogP contribution in [0.5, 0.6) is 11.5 Å². The van der Waals surface area contributed by atoms with Crippen LogP contribution in [0.25, 0.3) is 53.9 Å². The summed E-state index contributed by atoms with van der Waals surface area (Å²) in [5.41, 5.74) is 8.89. The van der Waals surface area contributed by atoms with Gasteiger partial charge in [0.2, 0.25) is 0 Å². The molecule has 6 rings (SSSR count). The molecule has 0 saturated heterocycles. The van der Waals surface area contributed by atoms with Gasteiger partial charge in [-0.2, -0.15) is 0 Å². The van der Waals surface area contributed by atoms with Crippen LogP contribution in [0, 0.1) is 13.8 Å². The molecular weight excluding hydrogens is 585 g/mol. The maximum atomic E-state index is 6.11. The molecule has 2 heterocycles. The van der Waals surface area contributed by atoms with E-state index < -0.39 is 0 Å². The number of hydrogen-bond acceptors (Lipinski definition) is 5. The largest absolute Gasteiger partial charge is 0.495 e. The number of fused-ring (bicyclic) bond motifs is 4. The van der Waals surface area contributed by atoms with Crippen molar-refractivity contribution in [1.82, 2.24) is 0 Å². The smallest absolute Gasteiger partial charge is 0.134 e. The Hall–Kier alpha value is -3.51. The van der Waals surface area contributed by atoms with E-state index in [1.165, 1.54) is 64.0 Å². The summed E-state index contributed by atoms with van der Waals surface area (Å²) in [6.45, 7) is 13.2. The van der Waals surface area contributed by atoms with Crippen molar-refractivity contribution in [3.05, 3.63) is 97.8 Å². The maximum Gasteiger partial charge on any atom is 0.134 e. The summed E-state index contributed by atoms with van der Waals surface area (Å²) in [5, 5.41) is 9.09. The molecule has 0 aliphatic heterocycles. The summed E-state index contributed by atoms with van der Waals surface area (Å²) in [6.07, 6.45) is 4.58. The molecule has 0 unspecified atom stereocenters. The third-order valence-corrected chi connectivity index (χ3v) is 11.3. The van der Waals surface area contributed by atoms with Gasteiger partial charge in [0.1, 0.15) is 11.5 Å². The lowest BCUT2D eigenvalue weighted by Crippen LogP contribution is -1.93. The van der Waals surface area contributed by atoms with E-state index in [9.17, 15) is 0 Å². The molecule has 218 valence electrons. The molecule has 0 bridgehead atoms. The summed E-state index contributed by atoms with van der Waals surface area (Å²) in [7, 11) is 3.55. The number of allylic oxidation sites excluding steroid dienone is 4. The van der Waals surface area contributed by atoms with E-state index in [0.29, 0.717) is 0 Å². The van der Waals surface area contributed by atoms with Crippen LogP contribution in [0.2, 0.25) is 0 Å². The van der Waals surface area contributed by atoms with E-state index in [1.807, 2.05) is 23.5 Å². The SMILES string of the molecule is COc1c2cc3sc(/C=C(C)/C(C)=C(C)/C(C)=C/c4ccc(S)cc4)c(C)c3cc2c(OC)c2cc3scc(C)c3cc12. The zero-order chi connectivity index (χ0) is 30.6. The summed E-state index contributed by atoms with van der Waals surface area (Å²) >= 11 is 8.03. The Balaban J connectivity index is 1.49. The van der Waals surface area contributed by atoms with E-state index in [0.717, 1.165) is 37.9 Å². The second-order valence-electron chi connectivity index (χ2n) is 11.4. The highest BCUT2D eigenvalue weighted by Crippen LogP contribution is 2.48. The molecule has 0 N–H and O–H groups in total. The average molecular weight is 621 g/mol. The quantitative estimate of drug-likeness (QED) is 0.113. The van der Waals surface area contributed by atoms with Gasteiger partial charge in [-0.05, 0) is 139 Å². The highest BCUT2D eigenvalue weighted by Gasteiger charge is 2.20. The van der Waals surface area contributed by atoms with Crippen LogP contribution in [0.1, 0.15) is 49.3 Å². The van der Waals surface area contributed by atoms with Gasteiger partial charge in [0.15, 0.2) is 0 Å². The number of methoxy groups -OCH3 is 2. The summed E-state index contributed by atoms with van der Waals surface area (Å²) in [4.78, 5) is 2.25. The van der Waals surface area contributed by atoms with Crippen molar-refractivity contribution in [2.24, 2.45) is 0 Å². The van der Waals surface area contributed by atoms with Gasteiger partial charge in [0.05, 0.1) is 14.2 Å². The average Bonchev–Trinajstić information content (AvgIpc) is 3.51. The molecule has 0 aliphatic carbocycles. The molecule has 0 atom stereocenters. The highest BCUT2D eigenvalue weighted by atomic mass is 32.1. The zero-order valence-electron chi connectivity index (χ0n) is 25.9. The van der Waals surface area contributed by atoms with Gasteiger partial charge in [-0.1, -0.05) is 18.2 Å².